The predicted octanol–water partition coefficient (Wildman–Crippen LogP) is 8.28. The van der Waals surface area contributed by atoms with E-state index in [9.17, 15) is 14.4 Å². The van der Waals surface area contributed by atoms with Gasteiger partial charge in [0.25, 0.3) is 5.91 Å². The molecule has 57 heavy (non-hydrogen) atoms. The summed E-state index contributed by atoms with van der Waals surface area (Å²) < 4.78 is 7.33. The summed E-state index contributed by atoms with van der Waals surface area (Å²) in [4.78, 5) is 58.9. The maximum atomic E-state index is 14.0. The van der Waals surface area contributed by atoms with Crippen molar-refractivity contribution in [2.24, 2.45) is 0 Å². The van der Waals surface area contributed by atoms with E-state index >= 15 is 0 Å². The molecule has 0 bridgehead atoms. The fourth-order valence-corrected chi connectivity index (χ4v) is 10.0. The second-order valence-corrected chi connectivity index (χ2v) is 15.9. The number of thiophene rings is 2. The minimum atomic E-state index is -0.872. The first-order chi connectivity index (χ1) is 27.8. The third-order valence-electron chi connectivity index (χ3n) is 10.4. The first-order valence-electron chi connectivity index (χ1n) is 19.1. The molecule has 14 heteroatoms. The number of imidazole rings is 2. The number of nitrogens with one attached hydrogen (secondary N) is 4. The number of methoxy groups -OCH3 is 1. The molecule has 0 spiro atoms. The SMILES string of the molecule is CCCN(Cc1ncc(-c2ccc(-c3csc4c(-c5ccc6nc(C7CCCN7C(=O)[C@H](NC(=O)OC)c7ccccc7)[nH]c6c5)csc34)cc2)[nH]1)C(=O)CNC. The van der Waals surface area contributed by atoms with Crippen molar-refractivity contribution >= 4 is 61.0 Å². The normalized spacial score (nSPS) is 14.6. The Labute approximate surface area is 338 Å². The van der Waals surface area contributed by atoms with E-state index < -0.39 is 12.1 Å². The second kappa shape index (κ2) is 16.7. The number of ether oxygens (including phenoxy) is 1. The average Bonchev–Trinajstić information content (AvgIpc) is 4.08. The van der Waals surface area contributed by atoms with Gasteiger partial charge in [0.05, 0.1) is 58.6 Å². The average molecular weight is 801 g/mol. The largest absolute Gasteiger partial charge is 0.453 e. The fraction of sp³-hybridized carbons (Fsp3) is 0.279. The van der Waals surface area contributed by atoms with E-state index in [1.165, 1.54) is 27.6 Å². The minimum Gasteiger partial charge on any atom is -0.453 e. The van der Waals surface area contributed by atoms with Crippen LogP contribution in [0.4, 0.5) is 4.79 Å². The lowest BCUT2D eigenvalue weighted by molar-refractivity contribution is -0.134. The van der Waals surface area contributed by atoms with Crippen LogP contribution in [0.25, 0.3) is 53.9 Å². The molecule has 5 heterocycles. The predicted molar refractivity (Wildman–Crippen MR) is 226 cm³/mol. The molecule has 1 aliphatic rings. The molecule has 4 aromatic heterocycles. The summed E-state index contributed by atoms with van der Waals surface area (Å²) in [6.45, 7) is 4.07. The van der Waals surface area contributed by atoms with Gasteiger partial charge in [0.2, 0.25) is 5.91 Å². The van der Waals surface area contributed by atoms with Gasteiger partial charge >= 0.3 is 6.09 Å². The number of benzene rings is 3. The molecular weight excluding hydrogens is 757 g/mol. The van der Waals surface area contributed by atoms with E-state index in [1.807, 2.05) is 52.4 Å². The second-order valence-electron chi connectivity index (χ2n) is 14.1. The summed E-state index contributed by atoms with van der Waals surface area (Å²) in [5.41, 5.74) is 9.00. The maximum absolute atomic E-state index is 14.0. The summed E-state index contributed by atoms with van der Waals surface area (Å²) in [6, 6.07) is 22.9. The lowest BCUT2D eigenvalue weighted by Crippen LogP contribution is -2.42. The van der Waals surface area contributed by atoms with E-state index in [-0.39, 0.29) is 17.9 Å². The molecular formula is C43H44N8O4S2. The number of hydrogen-bond donors (Lipinski definition) is 4. The monoisotopic (exact) mass is 800 g/mol. The molecule has 0 aliphatic carbocycles. The quantitative estimate of drug-likeness (QED) is 0.0918. The van der Waals surface area contributed by atoms with Gasteiger partial charge in [-0.25, -0.2) is 14.8 Å². The van der Waals surface area contributed by atoms with Gasteiger partial charge < -0.3 is 35.1 Å². The Morgan fingerprint density at radius 3 is 2.40 bits per heavy atom. The molecule has 3 aromatic carbocycles. The van der Waals surface area contributed by atoms with Crippen LogP contribution in [0.15, 0.2) is 89.8 Å². The van der Waals surface area contributed by atoms with Crippen LogP contribution in [-0.4, -0.2) is 81.4 Å². The van der Waals surface area contributed by atoms with Crippen LogP contribution in [0, 0.1) is 0 Å². The Morgan fingerprint density at radius 1 is 0.965 bits per heavy atom. The van der Waals surface area contributed by atoms with Crippen molar-refractivity contribution in [1.29, 1.82) is 0 Å². The molecule has 1 unspecified atom stereocenters. The van der Waals surface area contributed by atoms with Crippen molar-refractivity contribution in [3.63, 3.8) is 0 Å². The fourth-order valence-electron chi connectivity index (χ4n) is 7.59. The first-order valence-corrected chi connectivity index (χ1v) is 20.9. The Kier molecular flexibility index (Phi) is 11.2. The van der Waals surface area contributed by atoms with Crippen LogP contribution in [0.2, 0.25) is 0 Å². The van der Waals surface area contributed by atoms with Crippen molar-refractivity contribution in [2.45, 2.75) is 44.8 Å². The number of alkyl carbamates (subject to hydrolysis) is 1. The molecule has 3 amide bonds. The third-order valence-corrected chi connectivity index (χ3v) is 12.6. The number of amides is 3. The van der Waals surface area contributed by atoms with Crippen LogP contribution >= 0.6 is 22.7 Å². The van der Waals surface area contributed by atoms with Gasteiger partial charge in [-0.3, -0.25) is 9.59 Å². The smallest absolute Gasteiger partial charge is 0.407 e. The molecule has 7 aromatic rings. The zero-order valence-electron chi connectivity index (χ0n) is 32.0. The van der Waals surface area contributed by atoms with Gasteiger partial charge in [0.15, 0.2) is 0 Å². The number of aromatic nitrogens is 4. The van der Waals surface area contributed by atoms with E-state index in [0.717, 1.165) is 64.3 Å². The topological polar surface area (TPSA) is 148 Å². The summed E-state index contributed by atoms with van der Waals surface area (Å²) >= 11 is 3.49. The highest BCUT2D eigenvalue weighted by Gasteiger charge is 2.37. The highest BCUT2D eigenvalue weighted by atomic mass is 32.1. The third kappa shape index (κ3) is 7.80. The van der Waals surface area contributed by atoms with Crippen LogP contribution < -0.4 is 10.6 Å². The Morgan fingerprint density at radius 2 is 1.68 bits per heavy atom. The Balaban J connectivity index is 0.994. The molecule has 4 N–H and O–H groups in total. The number of carbonyl (C=O) groups excluding carboxylic acids is 3. The highest BCUT2D eigenvalue weighted by molar-refractivity contribution is 7.27. The summed E-state index contributed by atoms with van der Waals surface area (Å²) in [5.74, 6) is 1.36. The molecule has 292 valence electrons. The maximum Gasteiger partial charge on any atom is 0.407 e. The van der Waals surface area contributed by atoms with Crippen LogP contribution in [-0.2, 0) is 20.9 Å². The van der Waals surface area contributed by atoms with Crippen molar-refractivity contribution < 1.29 is 19.1 Å². The molecule has 12 nitrogen and oxygen atoms in total. The molecule has 0 radical (unpaired) electrons. The van der Waals surface area contributed by atoms with E-state index in [4.69, 9.17) is 9.72 Å². The lowest BCUT2D eigenvalue weighted by Gasteiger charge is -2.28. The summed E-state index contributed by atoms with van der Waals surface area (Å²) in [6.07, 6.45) is 3.65. The molecule has 2 atom stereocenters. The van der Waals surface area contributed by atoms with Gasteiger partial charge in [0.1, 0.15) is 17.7 Å². The highest BCUT2D eigenvalue weighted by Crippen LogP contribution is 2.45. The zero-order valence-corrected chi connectivity index (χ0v) is 33.6. The van der Waals surface area contributed by atoms with Gasteiger partial charge in [-0.2, -0.15) is 0 Å². The number of H-pyrrole nitrogens is 2. The number of fused-ring (bicyclic) bond motifs is 2. The molecule has 1 aliphatic heterocycles. The van der Waals surface area contributed by atoms with Crippen LogP contribution in [0.3, 0.4) is 0 Å². The Bertz CT molecular complexity index is 2520. The molecule has 1 fully saturated rings. The number of likely N-dealkylation sites (tertiary alicyclic amines) is 1. The van der Waals surface area contributed by atoms with Gasteiger partial charge in [0, 0.05) is 35.0 Å². The number of carbonyl (C=O) groups is 3. The summed E-state index contributed by atoms with van der Waals surface area (Å²) in [5, 5.41) is 10.1. The number of nitrogens with zero attached hydrogens (tertiary/aromatic N) is 4. The Hall–Kier alpha value is -5.83. The lowest BCUT2D eigenvalue weighted by atomic mass is 10.0. The number of hydrogen-bond acceptors (Lipinski definition) is 9. The van der Waals surface area contributed by atoms with Crippen molar-refractivity contribution in [2.75, 3.05) is 33.8 Å². The zero-order chi connectivity index (χ0) is 39.5. The number of aromatic amines is 2. The van der Waals surface area contributed by atoms with Crippen molar-refractivity contribution in [3.8, 4) is 33.5 Å². The van der Waals surface area contributed by atoms with Crippen molar-refractivity contribution in [1.82, 2.24) is 40.4 Å². The standard InChI is InChI=1S/C43H44N8O4S2/c1-4-18-50(37(52)22-44-2)23-36-45-21-34(46-36)27-14-12-26(13-15-27)30-24-56-40-31(25-57-39(30)40)29-16-17-32-33(20-29)48-41(47-32)35-11-8-19-51(35)42(53)38(49-43(54)55-3)28-9-6-5-7-10-28/h5-7,9-10,12-17,20-21,24-25,35,38,44H,4,8,11,18-19,22-23H2,1-3H3,(H,45,46)(H,47,48)(H,49,54)/t35?,38-/m1/s1. The first kappa shape index (κ1) is 38.1. The van der Waals surface area contributed by atoms with Gasteiger partial charge in [-0.1, -0.05) is 67.6 Å². The number of rotatable bonds is 13. The minimum absolute atomic E-state index is 0.0585. The summed E-state index contributed by atoms with van der Waals surface area (Å²) in [7, 11) is 3.07. The number of likely N-dealkylation sites (N-methyl/N-ethyl adjacent to an activating group) is 1. The van der Waals surface area contributed by atoms with E-state index in [1.54, 1.807) is 29.7 Å². The van der Waals surface area contributed by atoms with Crippen LogP contribution in [0.1, 0.15) is 55.5 Å². The molecule has 8 rings (SSSR count). The van der Waals surface area contributed by atoms with E-state index in [2.05, 4.69) is 79.7 Å². The van der Waals surface area contributed by atoms with Gasteiger partial charge in [-0.15, -0.1) is 22.7 Å². The molecule has 1 saturated heterocycles. The van der Waals surface area contributed by atoms with Gasteiger partial charge in [-0.05, 0) is 60.7 Å². The van der Waals surface area contributed by atoms with Crippen molar-refractivity contribution in [3.05, 3.63) is 107 Å². The van der Waals surface area contributed by atoms with Crippen LogP contribution in [0.5, 0.6) is 0 Å². The molecule has 0 saturated carbocycles. The van der Waals surface area contributed by atoms with E-state index in [0.29, 0.717) is 31.7 Å².